The third-order valence-corrected chi connectivity index (χ3v) is 6.02. The van der Waals surface area contributed by atoms with Gasteiger partial charge in [0.2, 0.25) is 0 Å². The molecule has 2 saturated heterocycles. The van der Waals surface area contributed by atoms with Crippen molar-refractivity contribution in [3.63, 3.8) is 0 Å². The maximum Gasteiger partial charge on any atom is 0.169 e. The van der Waals surface area contributed by atoms with Crippen molar-refractivity contribution in [2.75, 3.05) is 36.9 Å². The highest BCUT2D eigenvalue weighted by Gasteiger charge is 2.32. The van der Waals surface area contributed by atoms with Crippen molar-refractivity contribution < 1.29 is 9.47 Å². The first-order valence-corrected chi connectivity index (χ1v) is 10.1. The van der Waals surface area contributed by atoms with Crippen molar-refractivity contribution in [2.45, 2.75) is 31.5 Å². The third-order valence-electron chi connectivity index (χ3n) is 6.02. The van der Waals surface area contributed by atoms with Crippen molar-refractivity contribution in [3.05, 3.63) is 30.0 Å². The van der Waals surface area contributed by atoms with E-state index in [1.54, 1.807) is 10.9 Å². The molecule has 6 rings (SSSR count). The van der Waals surface area contributed by atoms with Crippen LogP contribution in [0.4, 0.5) is 11.6 Å². The molecule has 29 heavy (non-hydrogen) atoms. The number of pyridine rings is 1. The molecule has 9 nitrogen and oxygen atoms in total. The summed E-state index contributed by atoms with van der Waals surface area (Å²) in [7, 11) is 0. The van der Waals surface area contributed by atoms with E-state index in [0.717, 1.165) is 60.6 Å². The van der Waals surface area contributed by atoms with Gasteiger partial charge in [-0.15, -0.1) is 5.10 Å². The molecule has 0 spiro atoms. The predicted molar refractivity (Wildman–Crippen MR) is 109 cm³/mol. The zero-order valence-electron chi connectivity index (χ0n) is 16.0. The first kappa shape index (κ1) is 17.0. The second-order valence-electron chi connectivity index (χ2n) is 7.83. The van der Waals surface area contributed by atoms with Crippen LogP contribution in [0.15, 0.2) is 24.4 Å². The highest BCUT2D eigenvalue weighted by molar-refractivity contribution is 5.99. The molecule has 3 aliphatic heterocycles. The minimum absolute atomic E-state index is 0.197. The Labute approximate surface area is 167 Å². The molecule has 150 valence electrons. The summed E-state index contributed by atoms with van der Waals surface area (Å²) in [6, 6.07) is 4.03. The van der Waals surface area contributed by atoms with Crippen LogP contribution in [0.3, 0.4) is 0 Å². The van der Waals surface area contributed by atoms with Gasteiger partial charge in [0.1, 0.15) is 5.82 Å². The van der Waals surface area contributed by atoms with Crippen molar-refractivity contribution in [1.82, 2.24) is 25.0 Å². The van der Waals surface area contributed by atoms with Crippen LogP contribution < -0.4 is 10.6 Å². The third kappa shape index (κ3) is 2.80. The molecule has 6 heterocycles. The fraction of sp³-hybridized carbons (Fsp3) is 0.450. The number of aromatic amines is 1. The largest absolute Gasteiger partial charge is 0.382 e. The molecule has 2 atom stereocenters. The number of nitrogen functional groups attached to an aromatic ring is 1. The number of aromatic nitrogens is 5. The van der Waals surface area contributed by atoms with Crippen molar-refractivity contribution in [1.29, 1.82) is 0 Å². The Morgan fingerprint density at radius 1 is 1.21 bits per heavy atom. The number of nitrogens with one attached hydrogen (secondary N) is 1. The zero-order valence-corrected chi connectivity index (χ0v) is 16.0. The molecule has 3 aromatic rings. The number of morpholine rings is 1. The standard InChI is InChI=1S/C20H23N7O2/c21-19-18-15(12-9-13-1-2-14(10-12)29-13)11-17(26-5-7-28-8-6-26)23-20(18)27(25-19)16-3-4-22-24-16/h3-4,9,11,13-14H,1-2,5-8,10H2,(H2,21,25)(H,22,24). The van der Waals surface area contributed by atoms with Crippen molar-refractivity contribution in [2.24, 2.45) is 0 Å². The lowest BCUT2D eigenvalue weighted by Gasteiger charge is -2.29. The normalized spacial score (nSPS) is 24.3. The number of hydrogen-bond donors (Lipinski definition) is 2. The van der Waals surface area contributed by atoms with Crippen molar-refractivity contribution in [3.8, 4) is 5.82 Å². The van der Waals surface area contributed by atoms with Gasteiger partial charge in [-0.05, 0) is 36.5 Å². The maximum atomic E-state index is 6.41. The molecule has 2 fully saturated rings. The molecular formula is C20H23N7O2. The topological polar surface area (TPSA) is 107 Å². The van der Waals surface area contributed by atoms with Crippen LogP contribution in [0.2, 0.25) is 0 Å². The van der Waals surface area contributed by atoms with E-state index in [9.17, 15) is 0 Å². The summed E-state index contributed by atoms with van der Waals surface area (Å²) in [5.74, 6) is 2.15. The molecule has 0 amide bonds. The van der Waals surface area contributed by atoms with Crippen molar-refractivity contribution >= 4 is 28.2 Å². The van der Waals surface area contributed by atoms with Crippen LogP contribution in [-0.4, -0.2) is 63.5 Å². The SMILES string of the molecule is Nc1nn(-c2ccn[nH]2)c2nc(N3CCOCC3)cc(C3=CC4CCC(C3)O4)c12. The lowest BCUT2D eigenvalue weighted by atomic mass is 9.96. The highest BCUT2D eigenvalue weighted by atomic mass is 16.5. The van der Waals surface area contributed by atoms with Gasteiger partial charge in [-0.1, -0.05) is 6.08 Å². The molecule has 0 aromatic carbocycles. The molecule has 3 aromatic heterocycles. The summed E-state index contributed by atoms with van der Waals surface area (Å²) in [6.07, 6.45) is 7.53. The van der Waals surface area contributed by atoms with Gasteiger partial charge in [0.05, 0.1) is 37.0 Å². The number of nitrogens with two attached hydrogens (primary N) is 1. The second-order valence-corrected chi connectivity index (χ2v) is 7.83. The predicted octanol–water partition coefficient (Wildman–Crippen LogP) is 1.90. The van der Waals surface area contributed by atoms with Gasteiger partial charge in [-0.2, -0.15) is 9.78 Å². The summed E-state index contributed by atoms with van der Waals surface area (Å²) in [5.41, 5.74) is 9.54. The molecule has 0 aliphatic carbocycles. The van der Waals surface area contributed by atoms with E-state index in [1.165, 1.54) is 5.57 Å². The molecule has 0 radical (unpaired) electrons. The van der Waals surface area contributed by atoms with Gasteiger partial charge in [0, 0.05) is 19.2 Å². The Bertz CT molecular complexity index is 1080. The van der Waals surface area contributed by atoms with E-state index in [2.05, 4.69) is 32.3 Å². The summed E-state index contributed by atoms with van der Waals surface area (Å²) in [4.78, 5) is 7.23. The Balaban J connectivity index is 1.57. The van der Waals surface area contributed by atoms with Crippen LogP contribution in [0, 0.1) is 0 Å². The first-order valence-electron chi connectivity index (χ1n) is 10.1. The van der Waals surface area contributed by atoms with E-state index < -0.39 is 0 Å². The van der Waals surface area contributed by atoms with Gasteiger partial charge in [0.15, 0.2) is 17.3 Å². The summed E-state index contributed by atoms with van der Waals surface area (Å²) >= 11 is 0. The van der Waals surface area contributed by atoms with Crippen LogP contribution in [0.25, 0.3) is 22.4 Å². The second kappa shape index (κ2) is 6.57. The summed E-state index contributed by atoms with van der Waals surface area (Å²) in [5, 5.41) is 12.5. The monoisotopic (exact) mass is 393 g/mol. The van der Waals surface area contributed by atoms with Crippen LogP contribution >= 0.6 is 0 Å². The minimum Gasteiger partial charge on any atom is -0.382 e. The van der Waals surface area contributed by atoms with E-state index >= 15 is 0 Å². The fourth-order valence-corrected chi connectivity index (χ4v) is 4.62. The first-order chi connectivity index (χ1) is 14.3. The Hall–Kier alpha value is -2.91. The minimum atomic E-state index is 0.197. The van der Waals surface area contributed by atoms with Gasteiger partial charge < -0.3 is 20.1 Å². The number of ether oxygens (including phenoxy) is 2. The fourth-order valence-electron chi connectivity index (χ4n) is 4.62. The van der Waals surface area contributed by atoms with Gasteiger partial charge in [0.25, 0.3) is 0 Å². The smallest absolute Gasteiger partial charge is 0.169 e. The van der Waals surface area contributed by atoms with Gasteiger partial charge >= 0.3 is 0 Å². The van der Waals surface area contributed by atoms with E-state index in [0.29, 0.717) is 25.1 Å². The quantitative estimate of drug-likeness (QED) is 0.700. The molecule has 9 heteroatoms. The molecule has 2 unspecified atom stereocenters. The van der Waals surface area contributed by atoms with Crippen LogP contribution in [0.1, 0.15) is 24.8 Å². The highest BCUT2D eigenvalue weighted by Crippen LogP contribution is 2.40. The van der Waals surface area contributed by atoms with Gasteiger partial charge in [-0.3, -0.25) is 5.10 Å². The van der Waals surface area contributed by atoms with Gasteiger partial charge in [-0.25, -0.2) is 4.98 Å². The number of nitrogens with zero attached hydrogens (tertiary/aromatic N) is 5. The lowest BCUT2D eigenvalue weighted by molar-refractivity contribution is 0.0672. The Morgan fingerprint density at radius 2 is 2.10 bits per heavy atom. The summed E-state index contributed by atoms with van der Waals surface area (Å²) in [6.45, 7) is 3.05. The average Bonchev–Trinajstić information content (AvgIpc) is 3.48. The number of rotatable bonds is 3. The zero-order chi connectivity index (χ0) is 19.4. The number of hydrogen-bond acceptors (Lipinski definition) is 7. The number of H-pyrrole nitrogens is 1. The summed E-state index contributed by atoms with van der Waals surface area (Å²) < 4.78 is 13.3. The Kier molecular flexibility index (Phi) is 3.85. The van der Waals surface area contributed by atoms with Crippen LogP contribution in [-0.2, 0) is 9.47 Å². The molecule has 3 aliphatic rings. The Morgan fingerprint density at radius 3 is 2.90 bits per heavy atom. The number of anilines is 2. The lowest BCUT2D eigenvalue weighted by Crippen LogP contribution is -2.36. The van der Waals surface area contributed by atoms with E-state index in [4.69, 9.17) is 20.2 Å². The molecular weight excluding hydrogens is 370 g/mol. The van der Waals surface area contributed by atoms with E-state index in [-0.39, 0.29) is 6.10 Å². The van der Waals surface area contributed by atoms with E-state index in [1.807, 2.05) is 6.07 Å². The molecule has 3 N–H and O–H groups in total. The maximum absolute atomic E-state index is 6.41. The molecule has 0 saturated carbocycles. The average molecular weight is 393 g/mol. The van der Waals surface area contributed by atoms with Crippen LogP contribution in [0.5, 0.6) is 0 Å². The molecule has 2 bridgehead atoms. The number of fused-ring (bicyclic) bond motifs is 3.